The average molecular weight is 254 g/mol. The molecule has 7 heteroatoms. The zero-order chi connectivity index (χ0) is 12.7. The molecule has 0 aliphatic heterocycles. The highest BCUT2D eigenvalue weighted by atomic mass is 19.4. The van der Waals surface area contributed by atoms with Crippen LogP contribution in [0.25, 0.3) is 0 Å². The molecular weight excluding hydrogens is 237 g/mol. The van der Waals surface area contributed by atoms with Crippen molar-refractivity contribution >= 4 is 6.03 Å². The van der Waals surface area contributed by atoms with Gasteiger partial charge in [-0.15, -0.1) is 13.2 Å². The van der Waals surface area contributed by atoms with Crippen molar-refractivity contribution in [1.29, 1.82) is 0 Å². The number of rotatable bonds is 4. The Balaban J connectivity index is 2.04. The molecule has 1 aliphatic carbocycles. The molecule has 100 valence electrons. The van der Waals surface area contributed by atoms with Gasteiger partial charge in [0, 0.05) is 12.6 Å². The van der Waals surface area contributed by atoms with Gasteiger partial charge >= 0.3 is 12.4 Å². The molecule has 0 saturated heterocycles. The number of hydrogen-bond acceptors (Lipinski definition) is 2. The highest BCUT2D eigenvalue weighted by molar-refractivity contribution is 5.74. The quantitative estimate of drug-likeness (QED) is 0.755. The minimum atomic E-state index is -4.64. The molecule has 2 N–H and O–H groups in total. The molecule has 0 aromatic carbocycles. The minimum Gasteiger partial charge on any atom is -0.336 e. The zero-order valence-corrected chi connectivity index (χ0v) is 9.48. The van der Waals surface area contributed by atoms with Crippen molar-refractivity contribution in [2.45, 2.75) is 44.5 Å². The predicted octanol–water partition coefficient (Wildman–Crippen LogP) is 2.15. The van der Waals surface area contributed by atoms with E-state index in [0.29, 0.717) is 0 Å². The molecule has 0 bridgehead atoms. The third kappa shape index (κ3) is 7.04. The lowest BCUT2D eigenvalue weighted by atomic mass is 9.96. The van der Waals surface area contributed by atoms with Crippen molar-refractivity contribution < 1.29 is 22.7 Å². The number of urea groups is 1. The van der Waals surface area contributed by atoms with E-state index in [1.165, 1.54) is 6.42 Å². The molecule has 4 nitrogen and oxygen atoms in total. The fourth-order valence-electron chi connectivity index (χ4n) is 1.81. The number of carbonyl (C=O) groups is 1. The lowest BCUT2D eigenvalue weighted by molar-refractivity contribution is -0.323. The molecular formula is C10H17F3N2O2. The summed E-state index contributed by atoms with van der Waals surface area (Å²) in [5, 5.41) is 5.06. The molecule has 0 radical (unpaired) electrons. The van der Waals surface area contributed by atoms with Gasteiger partial charge in [0.25, 0.3) is 0 Å². The minimum absolute atomic E-state index is 0.146. The highest BCUT2D eigenvalue weighted by Crippen LogP contribution is 2.17. The maximum absolute atomic E-state index is 11.6. The molecule has 0 atom stereocenters. The Bertz CT molecular complexity index is 240. The molecule has 0 heterocycles. The maximum atomic E-state index is 11.6. The van der Waals surface area contributed by atoms with Gasteiger partial charge in [0.2, 0.25) is 0 Å². The number of hydrogen-bond donors (Lipinski definition) is 2. The van der Waals surface area contributed by atoms with Crippen molar-refractivity contribution in [2.24, 2.45) is 0 Å². The van der Waals surface area contributed by atoms with Gasteiger partial charge in [0.05, 0.1) is 6.61 Å². The van der Waals surface area contributed by atoms with E-state index in [1.54, 1.807) is 0 Å². The highest BCUT2D eigenvalue weighted by Gasteiger charge is 2.28. The summed E-state index contributed by atoms with van der Waals surface area (Å²) in [6, 6.07) is -0.282. The van der Waals surface area contributed by atoms with E-state index in [2.05, 4.69) is 15.4 Å². The first-order valence-electron chi connectivity index (χ1n) is 5.72. The van der Waals surface area contributed by atoms with Crippen LogP contribution in [0.2, 0.25) is 0 Å². The summed E-state index contributed by atoms with van der Waals surface area (Å²) in [5.41, 5.74) is 0. The summed E-state index contributed by atoms with van der Waals surface area (Å²) >= 11 is 0. The first-order chi connectivity index (χ1) is 7.97. The second kappa shape index (κ2) is 6.68. The molecule has 1 rings (SSSR count). The van der Waals surface area contributed by atoms with E-state index in [4.69, 9.17) is 0 Å². The molecule has 1 aliphatic rings. The fourth-order valence-corrected chi connectivity index (χ4v) is 1.81. The summed E-state index contributed by atoms with van der Waals surface area (Å²) in [6.07, 6.45) is 0.587. The number of ether oxygens (including phenoxy) is 1. The first kappa shape index (κ1) is 14.1. The molecule has 1 fully saturated rings. The van der Waals surface area contributed by atoms with Crippen LogP contribution in [0.15, 0.2) is 0 Å². The van der Waals surface area contributed by atoms with Crippen LogP contribution < -0.4 is 10.6 Å². The molecule has 0 aromatic rings. The predicted molar refractivity (Wildman–Crippen MR) is 55.4 cm³/mol. The van der Waals surface area contributed by atoms with Crippen LogP contribution in [0.1, 0.15) is 32.1 Å². The Morgan fingerprint density at radius 1 is 1.24 bits per heavy atom. The summed E-state index contributed by atoms with van der Waals surface area (Å²) in [7, 11) is 0. The summed E-state index contributed by atoms with van der Waals surface area (Å²) in [5.74, 6) is 0. The molecule has 1 saturated carbocycles. The fraction of sp³-hybridized carbons (Fsp3) is 0.900. The summed E-state index contributed by atoms with van der Waals surface area (Å²) in [6.45, 7) is -0.723. The SMILES string of the molecule is O=C(NCCOC(F)(F)F)NC1CCCCC1. The summed E-state index contributed by atoms with van der Waals surface area (Å²) in [4.78, 5) is 11.3. The summed E-state index contributed by atoms with van der Waals surface area (Å²) < 4.78 is 38.3. The second-order valence-electron chi connectivity index (χ2n) is 4.03. The van der Waals surface area contributed by atoms with Crippen molar-refractivity contribution in [3.63, 3.8) is 0 Å². The molecule has 0 aromatic heterocycles. The van der Waals surface area contributed by atoms with Crippen LogP contribution in [0.4, 0.5) is 18.0 Å². The maximum Gasteiger partial charge on any atom is 0.522 e. The second-order valence-corrected chi connectivity index (χ2v) is 4.03. The molecule has 0 unspecified atom stereocenters. The van der Waals surface area contributed by atoms with Crippen molar-refractivity contribution in [2.75, 3.05) is 13.2 Å². The number of amides is 2. The largest absolute Gasteiger partial charge is 0.522 e. The Labute approximate surface area is 97.9 Å². The monoisotopic (exact) mass is 254 g/mol. The van der Waals surface area contributed by atoms with Gasteiger partial charge in [-0.2, -0.15) is 0 Å². The standard InChI is InChI=1S/C10H17F3N2O2/c11-10(12,13)17-7-6-14-9(16)15-8-4-2-1-3-5-8/h8H,1-7H2,(H2,14,15,16). The number of halogens is 3. The van der Waals surface area contributed by atoms with Crippen molar-refractivity contribution in [3.05, 3.63) is 0 Å². The van der Waals surface area contributed by atoms with Crippen LogP contribution >= 0.6 is 0 Å². The van der Waals surface area contributed by atoms with Gasteiger partial charge < -0.3 is 10.6 Å². The van der Waals surface area contributed by atoms with Crippen molar-refractivity contribution in [3.8, 4) is 0 Å². The van der Waals surface area contributed by atoms with Crippen molar-refractivity contribution in [1.82, 2.24) is 10.6 Å². The topological polar surface area (TPSA) is 50.4 Å². The Morgan fingerprint density at radius 3 is 2.47 bits per heavy atom. The van der Waals surface area contributed by atoms with E-state index in [-0.39, 0.29) is 12.6 Å². The van der Waals surface area contributed by atoms with Gasteiger partial charge in [-0.1, -0.05) is 19.3 Å². The normalized spacial score (nSPS) is 17.8. The van der Waals surface area contributed by atoms with Gasteiger partial charge in [-0.25, -0.2) is 4.79 Å². The van der Waals surface area contributed by atoms with Gasteiger partial charge in [-0.3, -0.25) is 4.74 Å². The smallest absolute Gasteiger partial charge is 0.336 e. The van der Waals surface area contributed by atoms with Crippen LogP contribution in [0.3, 0.4) is 0 Å². The van der Waals surface area contributed by atoms with Crippen LogP contribution in [0.5, 0.6) is 0 Å². The van der Waals surface area contributed by atoms with E-state index in [9.17, 15) is 18.0 Å². The average Bonchev–Trinajstić information content (AvgIpc) is 2.25. The van der Waals surface area contributed by atoms with E-state index in [1.807, 2.05) is 0 Å². The molecule has 0 spiro atoms. The number of alkyl halides is 3. The van der Waals surface area contributed by atoms with E-state index in [0.717, 1.165) is 25.7 Å². The lowest BCUT2D eigenvalue weighted by Crippen LogP contribution is -2.44. The zero-order valence-electron chi connectivity index (χ0n) is 9.48. The van der Waals surface area contributed by atoms with Crippen LogP contribution in [-0.2, 0) is 4.74 Å². The third-order valence-electron chi connectivity index (χ3n) is 2.59. The van der Waals surface area contributed by atoms with E-state index < -0.39 is 19.0 Å². The van der Waals surface area contributed by atoms with Gasteiger partial charge in [0.1, 0.15) is 0 Å². The van der Waals surface area contributed by atoms with E-state index >= 15 is 0 Å². The van der Waals surface area contributed by atoms with Crippen LogP contribution in [0, 0.1) is 0 Å². The van der Waals surface area contributed by atoms with Gasteiger partial charge in [0.15, 0.2) is 0 Å². The number of nitrogens with one attached hydrogen (secondary N) is 2. The Hall–Kier alpha value is -0.980. The lowest BCUT2D eigenvalue weighted by Gasteiger charge is -2.22. The first-order valence-corrected chi connectivity index (χ1v) is 5.72. The third-order valence-corrected chi connectivity index (χ3v) is 2.59. The Morgan fingerprint density at radius 2 is 1.88 bits per heavy atom. The number of carbonyl (C=O) groups excluding carboxylic acids is 1. The molecule has 17 heavy (non-hydrogen) atoms. The molecule has 2 amide bonds. The van der Waals surface area contributed by atoms with Gasteiger partial charge in [-0.05, 0) is 12.8 Å². The Kier molecular flexibility index (Phi) is 5.54. The van der Waals surface area contributed by atoms with Crippen LogP contribution in [-0.4, -0.2) is 31.6 Å².